The third kappa shape index (κ3) is 3.37. The van der Waals surface area contributed by atoms with Crippen LogP contribution in [0.2, 0.25) is 0 Å². The molecule has 0 aliphatic carbocycles. The highest BCUT2D eigenvalue weighted by Crippen LogP contribution is 2.27. The summed E-state index contributed by atoms with van der Waals surface area (Å²) in [5, 5.41) is 11.2. The molecule has 2 heterocycles. The minimum Gasteiger partial charge on any atom is -0.478 e. The Bertz CT molecular complexity index is 714. The normalized spacial score (nSPS) is 11.0. The average molecular weight is 311 g/mol. The molecule has 0 aromatic carbocycles. The first-order valence-corrected chi connectivity index (χ1v) is 5.81. The van der Waals surface area contributed by atoms with Gasteiger partial charge < -0.3 is 10.4 Å². The first kappa shape index (κ1) is 15.4. The van der Waals surface area contributed by atoms with Crippen LogP contribution in [0.4, 0.5) is 18.9 Å². The maximum absolute atomic E-state index is 12.4. The van der Waals surface area contributed by atoms with Crippen molar-refractivity contribution < 1.29 is 27.9 Å². The van der Waals surface area contributed by atoms with Crippen LogP contribution in [0.25, 0.3) is 0 Å². The van der Waals surface area contributed by atoms with Crippen molar-refractivity contribution in [1.82, 2.24) is 9.97 Å². The van der Waals surface area contributed by atoms with Gasteiger partial charge in [-0.1, -0.05) is 0 Å². The predicted molar refractivity (Wildman–Crippen MR) is 68.4 cm³/mol. The van der Waals surface area contributed by atoms with Gasteiger partial charge in [-0.2, -0.15) is 13.2 Å². The number of rotatable bonds is 3. The molecular weight excluding hydrogens is 303 g/mol. The van der Waals surface area contributed by atoms with Crippen molar-refractivity contribution in [3.05, 3.63) is 53.6 Å². The van der Waals surface area contributed by atoms with Gasteiger partial charge in [0.1, 0.15) is 11.3 Å². The Labute approximate surface area is 121 Å². The van der Waals surface area contributed by atoms with Crippen LogP contribution in [-0.2, 0) is 6.18 Å². The molecule has 0 spiro atoms. The second kappa shape index (κ2) is 5.80. The van der Waals surface area contributed by atoms with E-state index in [4.69, 9.17) is 5.11 Å². The summed E-state index contributed by atoms with van der Waals surface area (Å²) in [4.78, 5) is 29.6. The number of amides is 1. The van der Waals surface area contributed by atoms with Crippen LogP contribution in [0.3, 0.4) is 0 Å². The number of pyridine rings is 2. The number of carboxylic acids is 1. The monoisotopic (exact) mass is 311 g/mol. The summed E-state index contributed by atoms with van der Waals surface area (Å²) in [7, 11) is 0. The first-order chi connectivity index (χ1) is 10.3. The van der Waals surface area contributed by atoms with Crippen molar-refractivity contribution in [2.45, 2.75) is 6.18 Å². The van der Waals surface area contributed by atoms with Crippen molar-refractivity contribution in [1.29, 1.82) is 0 Å². The Morgan fingerprint density at radius 3 is 2.41 bits per heavy atom. The molecule has 6 nitrogen and oxygen atoms in total. The van der Waals surface area contributed by atoms with Crippen LogP contribution in [0.1, 0.15) is 26.4 Å². The lowest BCUT2D eigenvalue weighted by atomic mass is 10.2. The van der Waals surface area contributed by atoms with Crippen LogP contribution in [-0.4, -0.2) is 27.0 Å². The van der Waals surface area contributed by atoms with Gasteiger partial charge in [0.15, 0.2) is 0 Å². The van der Waals surface area contributed by atoms with Gasteiger partial charge in [0.25, 0.3) is 5.91 Å². The quantitative estimate of drug-likeness (QED) is 0.908. The van der Waals surface area contributed by atoms with E-state index in [9.17, 15) is 22.8 Å². The van der Waals surface area contributed by atoms with E-state index in [1.54, 1.807) is 0 Å². The molecule has 0 fully saturated rings. The highest BCUT2D eigenvalue weighted by Gasteiger charge is 2.32. The topological polar surface area (TPSA) is 92.2 Å². The lowest BCUT2D eigenvalue weighted by molar-refractivity contribution is -0.141. The second-order valence-electron chi connectivity index (χ2n) is 4.11. The molecule has 1 amide bonds. The predicted octanol–water partition coefficient (Wildman–Crippen LogP) is 2.45. The van der Waals surface area contributed by atoms with Crippen LogP contribution in [0.5, 0.6) is 0 Å². The highest BCUT2D eigenvalue weighted by atomic mass is 19.4. The van der Waals surface area contributed by atoms with E-state index in [1.165, 1.54) is 12.3 Å². The smallest absolute Gasteiger partial charge is 0.433 e. The molecule has 0 bridgehead atoms. The molecule has 0 radical (unpaired) electrons. The number of halogens is 3. The minimum atomic E-state index is -4.60. The van der Waals surface area contributed by atoms with E-state index in [0.717, 1.165) is 18.5 Å². The molecule has 0 atom stereocenters. The Kier molecular flexibility index (Phi) is 4.06. The third-order valence-electron chi connectivity index (χ3n) is 2.62. The van der Waals surface area contributed by atoms with E-state index in [-0.39, 0.29) is 16.8 Å². The number of carboxylic acid groups (broad SMARTS) is 1. The van der Waals surface area contributed by atoms with Crippen molar-refractivity contribution in [3.63, 3.8) is 0 Å². The number of hydrogen-bond donors (Lipinski definition) is 2. The Balaban J connectivity index is 2.22. The molecule has 2 aromatic rings. The summed E-state index contributed by atoms with van der Waals surface area (Å²) in [6.07, 6.45) is -1.52. The average Bonchev–Trinajstić information content (AvgIpc) is 2.46. The molecule has 2 aromatic heterocycles. The lowest BCUT2D eigenvalue weighted by Crippen LogP contribution is -2.16. The number of anilines is 1. The van der Waals surface area contributed by atoms with E-state index >= 15 is 0 Å². The summed E-state index contributed by atoms with van der Waals surface area (Å²) < 4.78 is 37.1. The number of carbonyl (C=O) groups excluding carboxylic acids is 1. The van der Waals surface area contributed by atoms with Gasteiger partial charge in [0, 0.05) is 18.6 Å². The molecule has 9 heteroatoms. The van der Waals surface area contributed by atoms with Crippen LogP contribution >= 0.6 is 0 Å². The molecule has 2 N–H and O–H groups in total. The molecule has 0 saturated heterocycles. The van der Waals surface area contributed by atoms with E-state index in [2.05, 4.69) is 15.3 Å². The number of hydrogen-bond acceptors (Lipinski definition) is 4. The number of nitrogens with zero attached hydrogens (tertiary/aromatic N) is 2. The molecule has 0 saturated carbocycles. The number of aromatic carboxylic acids is 1. The van der Waals surface area contributed by atoms with Crippen LogP contribution in [0, 0.1) is 0 Å². The van der Waals surface area contributed by atoms with E-state index < -0.39 is 23.7 Å². The first-order valence-electron chi connectivity index (χ1n) is 5.81. The van der Waals surface area contributed by atoms with Gasteiger partial charge in [0.05, 0.1) is 11.3 Å². The van der Waals surface area contributed by atoms with Gasteiger partial charge in [-0.25, -0.2) is 4.79 Å². The third-order valence-corrected chi connectivity index (χ3v) is 2.62. The fourth-order valence-corrected chi connectivity index (χ4v) is 1.56. The zero-order valence-electron chi connectivity index (χ0n) is 10.8. The van der Waals surface area contributed by atoms with E-state index in [0.29, 0.717) is 6.07 Å². The summed E-state index contributed by atoms with van der Waals surface area (Å²) in [5.74, 6) is -2.08. The summed E-state index contributed by atoms with van der Waals surface area (Å²) in [5.41, 5.74) is -1.52. The Morgan fingerprint density at radius 2 is 1.86 bits per heavy atom. The Morgan fingerprint density at radius 1 is 1.14 bits per heavy atom. The summed E-state index contributed by atoms with van der Waals surface area (Å²) in [6.45, 7) is 0. The van der Waals surface area contributed by atoms with Crippen molar-refractivity contribution >= 4 is 17.6 Å². The molecule has 0 aliphatic heterocycles. The zero-order chi connectivity index (χ0) is 16.3. The van der Waals surface area contributed by atoms with Crippen LogP contribution in [0.15, 0.2) is 36.8 Å². The maximum Gasteiger partial charge on any atom is 0.433 e. The lowest BCUT2D eigenvalue weighted by Gasteiger charge is -2.09. The summed E-state index contributed by atoms with van der Waals surface area (Å²) in [6, 6.07) is 2.88. The number of alkyl halides is 3. The zero-order valence-corrected chi connectivity index (χ0v) is 10.8. The number of aromatic nitrogens is 2. The minimum absolute atomic E-state index is 0.0209. The highest BCUT2D eigenvalue weighted by molar-refractivity contribution is 6.07. The summed E-state index contributed by atoms with van der Waals surface area (Å²) >= 11 is 0. The molecule has 0 unspecified atom stereocenters. The fourth-order valence-electron chi connectivity index (χ4n) is 1.56. The molecule has 22 heavy (non-hydrogen) atoms. The standard InChI is InChI=1S/C13H8F3N3O3/c14-13(15,16)10-2-1-7(5-18-10)11(20)19-9-3-4-17-6-8(9)12(21)22/h1-6H,(H,21,22)(H,17,19,20). The molecular formula is C13H8F3N3O3. The molecule has 2 rings (SSSR count). The van der Waals surface area contributed by atoms with Crippen molar-refractivity contribution in [3.8, 4) is 0 Å². The van der Waals surface area contributed by atoms with Crippen molar-refractivity contribution in [2.24, 2.45) is 0 Å². The molecule has 114 valence electrons. The Hall–Kier alpha value is -2.97. The van der Waals surface area contributed by atoms with E-state index in [1.807, 2.05) is 0 Å². The fraction of sp³-hybridized carbons (Fsp3) is 0.0769. The molecule has 0 aliphatic rings. The maximum atomic E-state index is 12.4. The number of carbonyl (C=O) groups is 2. The van der Waals surface area contributed by atoms with Crippen molar-refractivity contribution in [2.75, 3.05) is 5.32 Å². The second-order valence-corrected chi connectivity index (χ2v) is 4.11. The number of nitrogens with one attached hydrogen (secondary N) is 1. The van der Waals surface area contributed by atoms with Gasteiger partial charge in [-0.3, -0.25) is 14.8 Å². The van der Waals surface area contributed by atoms with Gasteiger partial charge in [0.2, 0.25) is 0 Å². The largest absolute Gasteiger partial charge is 0.478 e. The van der Waals surface area contributed by atoms with Gasteiger partial charge in [-0.05, 0) is 18.2 Å². The van der Waals surface area contributed by atoms with Gasteiger partial charge >= 0.3 is 12.1 Å². The SMILES string of the molecule is O=C(Nc1ccncc1C(=O)O)c1ccc(C(F)(F)F)nc1. The van der Waals surface area contributed by atoms with Gasteiger partial charge in [-0.15, -0.1) is 0 Å². The van der Waals surface area contributed by atoms with Crippen LogP contribution < -0.4 is 5.32 Å².